The van der Waals surface area contributed by atoms with Crippen molar-refractivity contribution in [3.8, 4) is 0 Å². The van der Waals surface area contributed by atoms with Gasteiger partial charge in [0.15, 0.2) is 0 Å². The Labute approximate surface area is 129 Å². The molecule has 0 aromatic carbocycles. The summed E-state index contributed by atoms with van der Waals surface area (Å²) in [5, 5.41) is 20.9. The molecule has 0 aliphatic carbocycles. The summed E-state index contributed by atoms with van der Waals surface area (Å²) in [6.45, 7) is 7.64. The molecule has 0 amide bonds. The van der Waals surface area contributed by atoms with E-state index in [1.807, 2.05) is 19.9 Å². The van der Waals surface area contributed by atoms with Gasteiger partial charge in [-0.15, -0.1) is 0 Å². The fraction of sp³-hybridized carbons (Fsp3) is 0.722. The third-order valence-electron chi connectivity index (χ3n) is 3.88. The molecule has 0 aromatic heterocycles. The Kier molecular flexibility index (Phi) is 10.1. The molecule has 0 rings (SSSR count). The van der Waals surface area contributed by atoms with Gasteiger partial charge in [-0.3, -0.25) is 0 Å². The smallest absolute Gasteiger partial charge is 0.0619 e. The van der Waals surface area contributed by atoms with Gasteiger partial charge in [-0.2, -0.15) is 0 Å². The first-order valence-electron chi connectivity index (χ1n) is 7.98. The summed E-state index contributed by atoms with van der Waals surface area (Å²) in [6.07, 6.45) is 12.0. The minimum absolute atomic E-state index is 0.433. The van der Waals surface area contributed by atoms with Crippen molar-refractivity contribution in [1.29, 1.82) is 0 Å². The van der Waals surface area contributed by atoms with E-state index in [4.69, 9.17) is 0 Å². The molecule has 0 spiro atoms. The van der Waals surface area contributed by atoms with Crippen LogP contribution in [0.3, 0.4) is 0 Å². The van der Waals surface area contributed by atoms with Crippen LogP contribution in [0.2, 0.25) is 0 Å². The van der Waals surface area contributed by atoms with E-state index >= 15 is 0 Å². The topological polar surface area (TPSA) is 60.4 Å². The Morgan fingerprint density at radius 2 is 1.95 bits per heavy atom. The van der Waals surface area contributed by atoms with Crippen LogP contribution in [0.1, 0.15) is 72.6 Å². The number of allylic oxidation sites excluding steroid dienone is 4. The van der Waals surface area contributed by atoms with Gasteiger partial charge in [0.2, 0.25) is 0 Å². The fourth-order valence-corrected chi connectivity index (χ4v) is 2.29. The Hall–Kier alpha value is -1.09. The van der Waals surface area contributed by atoms with Crippen molar-refractivity contribution in [3.05, 3.63) is 23.8 Å². The number of carbonyl (C=O) groups is 1. The van der Waals surface area contributed by atoms with Crippen molar-refractivity contribution < 1.29 is 15.0 Å². The quantitative estimate of drug-likeness (QED) is 0.594. The van der Waals surface area contributed by atoms with Crippen LogP contribution in [0.5, 0.6) is 0 Å². The predicted molar refractivity (Wildman–Crippen MR) is 85.7 cm³/mol. The molecule has 1 N–H and O–H groups in total. The summed E-state index contributed by atoms with van der Waals surface area (Å²) < 4.78 is 0. The molecule has 0 heterocycles. The Morgan fingerprint density at radius 1 is 1.33 bits per heavy atom. The molecular weight excluding hydrogens is 264 g/mol. The Bertz CT molecular complexity index is 353. The van der Waals surface area contributed by atoms with Gasteiger partial charge < -0.3 is 15.0 Å². The van der Waals surface area contributed by atoms with Crippen LogP contribution >= 0.6 is 0 Å². The van der Waals surface area contributed by atoms with E-state index in [0.717, 1.165) is 32.1 Å². The van der Waals surface area contributed by atoms with Gasteiger partial charge in [0.05, 0.1) is 5.60 Å². The molecule has 3 nitrogen and oxygen atoms in total. The van der Waals surface area contributed by atoms with E-state index < -0.39 is 17.5 Å². The zero-order chi connectivity index (χ0) is 16.3. The van der Waals surface area contributed by atoms with E-state index in [-0.39, 0.29) is 0 Å². The largest absolute Gasteiger partial charge is 0.550 e. The fourth-order valence-electron chi connectivity index (χ4n) is 2.29. The van der Waals surface area contributed by atoms with Crippen molar-refractivity contribution in [2.75, 3.05) is 0 Å². The van der Waals surface area contributed by atoms with Gasteiger partial charge in [-0.25, -0.2) is 0 Å². The highest BCUT2D eigenvalue weighted by molar-refractivity contribution is 5.66. The monoisotopic (exact) mass is 295 g/mol. The van der Waals surface area contributed by atoms with Crippen LogP contribution in [-0.2, 0) is 4.79 Å². The molecule has 0 aliphatic heterocycles. The highest BCUT2D eigenvalue weighted by Gasteiger charge is 2.19. The molecule has 0 saturated heterocycles. The van der Waals surface area contributed by atoms with E-state index in [2.05, 4.69) is 19.1 Å². The van der Waals surface area contributed by atoms with Crippen molar-refractivity contribution >= 4 is 5.97 Å². The van der Waals surface area contributed by atoms with Crippen LogP contribution < -0.4 is 5.11 Å². The van der Waals surface area contributed by atoms with E-state index in [9.17, 15) is 15.0 Å². The molecule has 21 heavy (non-hydrogen) atoms. The lowest BCUT2D eigenvalue weighted by Gasteiger charge is -2.24. The third kappa shape index (κ3) is 11.3. The second kappa shape index (κ2) is 10.6. The lowest BCUT2D eigenvalue weighted by atomic mass is 9.90. The average molecular weight is 295 g/mol. The molecule has 2 atom stereocenters. The van der Waals surface area contributed by atoms with Crippen LogP contribution in [-0.4, -0.2) is 16.7 Å². The SMILES string of the molecule is C/C=C\C/C=C(\C)CCCC(C)(O)CCCC(C)C(=O)[O-]. The maximum absolute atomic E-state index is 10.6. The summed E-state index contributed by atoms with van der Waals surface area (Å²) in [7, 11) is 0. The normalized spacial score (nSPS) is 16.9. The van der Waals surface area contributed by atoms with Crippen molar-refractivity contribution in [2.45, 2.75) is 78.2 Å². The molecule has 0 radical (unpaired) electrons. The van der Waals surface area contributed by atoms with Gasteiger partial charge in [0.25, 0.3) is 0 Å². The van der Waals surface area contributed by atoms with Crippen LogP contribution in [0, 0.1) is 5.92 Å². The summed E-state index contributed by atoms with van der Waals surface area (Å²) in [5.41, 5.74) is 0.657. The van der Waals surface area contributed by atoms with Crippen LogP contribution in [0.15, 0.2) is 23.8 Å². The zero-order valence-electron chi connectivity index (χ0n) is 14.0. The summed E-state index contributed by atoms with van der Waals surface area (Å²) >= 11 is 0. The standard InChI is InChI=1S/C18H32O3/c1-5-6-7-10-15(2)11-8-13-18(4,21)14-9-12-16(3)17(19)20/h5-6,10,16,21H,7-9,11-14H2,1-4H3,(H,19,20)/p-1/b6-5-,15-10+. The number of aliphatic hydroxyl groups is 1. The summed E-state index contributed by atoms with van der Waals surface area (Å²) in [5.74, 6) is -1.44. The Morgan fingerprint density at radius 3 is 2.52 bits per heavy atom. The highest BCUT2D eigenvalue weighted by atomic mass is 16.4. The molecule has 0 aliphatic rings. The van der Waals surface area contributed by atoms with Gasteiger partial charge in [0.1, 0.15) is 0 Å². The zero-order valence-corrected chi connectivity index (χ0v) is 14.0. The second-order valence-corrected chi connectivity index (χ2v) is 6.32. The first-order valence-corrected chi connectivity index (χ1v) is 7.98. The maximum atomic E-state index is 10.6. The maximum Gasteiger partial charge on any atom is 0.0619 e. The minimum atomic E-state index is -1.00. The van der Waals surface area contributed by atoms with Gasteiger partial charge in [0, 0.05) is 5.97 Å². The minimum Gasteiger partial charge on any atom is -0.550 e. The number of carboxylic acids is 1. The highest BCUT2D eigenvalue weighted by Crippen LogP contribution is 2.23. The third-order valence-corrected chi connectivity index (χ3v) is 3.88. The number of rotatable bonds is 11. The molecule has 122 valence electrons. The molecule has 0 bridgehead atoms. The van der Waals surface area contributed by atoms with E-state index in [1.54, 1.807) is 6.92 Å². The number of hydrogen-bond donors (Lipinski definition) is 1. The lowest BCUT2D eigenvalue weighted by molar-refractivity contribution is -0.311. The van der Waals surface area contributed by atoms with Crippen molar-refractivity contribution in [1.82, 2.24) is 0 Å². The van der Waals surface area contributed by atoms with Gasteiger partial charge in [-0.05, 0) is 71.6 Å². The van der Waals surface area contributed by atoms with Gasteiger partial charge >= 0.3 is 0 Å². The van der Waals surface area contributed by atoms with Crippen LogP contribution in [0.4, 0.5) is 0 Å². The summed E-state index contributed by atoms with van der Waals surface area (Å²) in [6, 6.07) is 0. The van der Waals surface area contributed by atoms with Crippen molar-refractivity contribution in [3.63, 3.8) is 0 Å². The van der Waals surface area contributed by atoms with Crippen LogP contribution in [0.25, 0.3) is 0 Å². The second-order valence-electron chi connectivity index (χ2n) is 6.32. The first kappa shape index (κ1) is 19.9. The molecule has 2 unspecified atom stereocenters. The van der Waals surface area contributed by atoms with E-state index in [0.29, 0.717) is 12.8 Å². The molecule has 0 saturated carbocycles. The van der Waals surface area contributed by atoms with Gasteiger partial charge in [-0.1, -0.05) is 30.7 Å². The Balaban J connectivity index is 3.91. The number of hydrogen-bond acceptors (Lipinski definition) is 3. The number of carbonyl (C=O) groups excluding carboxylic acids is 1. The number of carboxylic acid groups (broad SMARTS) is 1. The lowest BCUT2D eigenvalue weighted by Crippen LogP contribution is -2.30. The van der Waals surface area contributed by atoms with Crippen molar-refractivity contribution in [2.24, 2.45) is 5.92 Å². The first-order chi connectivity index (χ1) is 9.78. The molecule has 0 fully saturated rings. The molecule has 0 aromatic rings. The average Bonchev–Trinajstić information content (AvgIpc) is 2.38. The summed E-state index contributed by atoms with van der Waals surface area (Å²) in [4.78, 5) is 10.6. The predicted octanol–water partition coefficient (Wildman–Crippen LogP) is 3.38. The molecule has 3 heteroatoms. The van der Waals surface area contributed by atoms with E-state index in [1.165, 1.54) is 5.57 Å². The number of aliphatic carboxylic acids is 1. The molecular formula is C18H31O3-.